The zero-order chi connectivity index (χ0) is 15.6. The molecule has 0 radical (unpaired) electrons. The van der Waals surface area contributed by atoms with Gasteiger partial charge in [0.15, 0.2) is 0 Å². The van der Waals surface area contributed by atoms with Gasteiger partial charge in [0, 0.05) is 19.2 Å². The van der Waals surface area contributed by atoms with Gasteiger partial charge in [0.1, 0.15) is 0 Å². The lowest BCUT2D eigenvalue weighted by Crippen LogP contribution is -2.35. The molecule has 1 aliphatic rings. The molecule has 1 aromatic carbocycles. The minimum Gasteiger partial charge on any atom is -0.502 e. The lowest BCUT2D eigenvalue weighted by atomic mass is 10.1. The summed E-state index contributed by atoms with van der Waals surface area (Å²) in [5.74, 6) is -1.46. The second kappa shape index (κ2) is 5.73. The van der Waals surface area contributed by atoms with Crippen LogP contribution < -0.4 is 0 Å². The highest BCUT2D eigenvalue weighted by Gasteiger charge is 2.29. The van der Waals surface area contributed by atoms with Gasteiger partial charge in [0.2, 0.25) is 5.75 Å². The van der Waals surface area contributed by atoms with Crippen LogP contribution in [0.5, 0.6) is 5.75 Å². The van der Waals surface area contributed by atoms with Crippen molar-refractivity contribution in [1.82, 2.24) is 4.90 Å². The Bertz CT molecular complexity index is 609. The molecule has 112 valence electrons. The lowest BCUT2D eigenvalue weighted by Gasteiger charge is -2.26. The minimum absolute atomic E-state index is 0.405. The standard InChI is InChI=1S/C12H13N3O6/c16-11-9(12(17)13-4-2-1-3-5-13)6-8(14(18)19)7-10(11)15(20)21/h6-7,16H,1-5H2. The van der Waals surface area contributed by atoms with Gasteiger partial charge in [0.05, 0.1) is 21.5 Å². The monoisotopic (exact) mass is 295 g/mol. The number of carbonyl (C=O) groups excluding carboxylic acids is 1. The molecule has 0 aliphatic carbocycles. The van der Waals surface area contributed by atoms with Crippen molar-refractivity contribution >= 4 is 17.3 Å². The average Bonchev–Trinajstić information content (AvgIpc) is 2.47. The molecule has 1 fully saturated rings. The Morgan fingerprint density at radius 2 is 1.71 bits per heavy atom. The van der Waals surface area contributed by atoms with Gasteiger partial charge in [-0.3, -0.25) is 25.0 Å². The molecule has 0 saturated carbocycles. The van der Waals surface area contributed by atoms with E-state index in [0.717, 1.165) is 25.3 Å². The molecule has 0 spiro atoms. The highest BCUT2D eigenvalue weighted by Crippen LogP contribution is 2.35. The van der Waals surface area contributed by atoms with E-state index in [9.17, 15) is 30.1 Å². The van der Waals surface area contributed by atoms with E-state index >= 15 is 0 Å². The summed E-state index contributed by atoms with van der Waals surface area (Å²) < 4.78 is 0. The third-order valence-electron chi connectivity index (χ3n) is 3.36. The summed E-state index contributed by atoms with van der Waals surface area (Å²) in [4.78, 5) is 33.6. The number of hydrogen-bond acceptors (Lipinski definition) is 6. The Balaban J connectivity index is 2.48. The second-order valence-corrected chi connectivity index (χ2v) is 4.73. The Morgan fingerprint density at radius 1 is 1.10 bits per heavy atom. The van der Waals surface area contributed by atoms with E-state index in [-0.39, 0.29) is 0 Å². The highest BCUT2D eigenvalue weighted by molar-refractivity contribution is 5.99. The third kappa shape index (κ3) is 2.91. The number of benzene rings is 1. The number of phenols is 1. The van der Waals surface area contributed by atoms with Crippen LogP contribution in [0.3, 0.4) is 0 Å². The van der Waals surface area contributed by atoms with Gasteiger partial charge in [-0.1, -0.05) is 0 Å². The molecule has 0 bridgehead atoms. The zero-order valence-electron chi connectivity index (χ0n) is 11.0. The molecule has 1 aliphatic heterocycles. The quantitative estimate of drug-likeness (QED) is 0.669. The number of amides is 1. The summed E-state index contributed by atoms with van der Waals surface area (Å²) >= 11 is 0. The van der Waals surface area contributed by atoms with E-state index in [1.54, 1.807) is 0 Å². The molecule has 1 amide bonds. The van der Waals surface area contributed by atoms with E-state index in [4.69, 9.17) is 0 Å². The molecule has 1 aromatic rings. The molecular weight excluding hydrogens is 282 g/mol. The fourth-order valence-corrected chi connectivity index (χ4v) is 2.28. The number of nitro groups is 2. The van der Waals surface area contributed by atoms with E-state index in [2.05, 4.69) is 0 Å². The maximum atomic E-state index is 12.3. The van der Waals surface area contributed by atoms with Crippen LogP contribution in [0.2, 0.25) is 0 Å². The molecule has 0 atom stereocenters. The molecular formula is C12H13N3O6. The number of carbonyl (C=O) groups is 1. The number of nitro benzene ring substituents is 2. The Labute approximate surface area is 119 Å². The van der Waals surface area contributed by atoms with E-state index in [1.165, 1.54) is 4.90 Å². The van der Waals surface area contributed by atoms with Gasteiger partial charge in [-0.2, -0.15) is 0 Å². The van der Waals surface area contributed by atoms with Crippen LogP contribution in [0, 0.1) is 20.2 Å². The maximum Gasteiger partial charge on any atom is 0.318 e. The Kier molecular flexibility index (Phi) is 4.01. The molecule has 0 unspecified atom stereocenters. The van der Waals surface area contributed by atoms with Crippen molar-refractivity contribution < 1.29 is 19.7 Å². The minimum atomic E-state index is -0.949. The van der Waals surface area contributed by atoms with Crippen molar-refractivity contribution in [3.8, 4) is 5.75 Å². The summed E-state index contributed by atoms with van der Waals surface area (Å²) in [6, 6.07) is 1.52. The topological polar surface area (TPSA) is 127 Å². The van der Waals surface area contributed by atoms with E-state index in [1.807, 2.05) is 0 Å². The van der Waals surface area contributed by atoms with Crippen molar-refractivity contribution in [3.63, 3.8) is 0 Å². The fraction of sp³-hybridized carbons (Fsp3) is 0.417. The molecule has 1 N–H and O–H groups in total. The van der Waals surface area contributed by atoms with Crippen LogP contribution >= 0.6 is 0 Å². The van der Waals surface area contributed by atoms with E-state index in [0.29, 0.717) is 19.2 Å². The summed E-state index contributed by atoms with van der Waals surface area (Å²) in [7, 11) is 0. The first-order valence-corrected chi connectivity index (χ1v) is 6.37. The van der Waals surface area contributed by atoms with Crippen LogP contribution in [-0.4, -0.2) is 38.8 Å². The Hall–Kier alpha value is -2.71. The SMILES string of the molecule is O=C(c1cc([N+](=O)[O-])cc([N+](=O)[O-])c1O)N1CCCCC1. The van der Waals surface area contributed by atoms with Crippen LogP contribution in [0.25, 0.3) is 0 Å². The number of rotatable bonds is 3. The first-order chi connectivity index (χ1) is 9.91. The van der Waals surface area contributed by atoms with Crippen molar-refractivity contribution in [2.24, 2.45) is 0 Å². The van der Waals surface area contributed by atoms with Crippen LogP contribution in [-0.2, 0) is 0 Å². The molecule has 9 nitrogen and oxygen atoms in total. The second-order valence-electron chi connectivity index (χ2n) is 4.73. The molecule has 1 heterocycles. The predicted octanol–water partition coefficient (Wildman–Crippen LogP) is 1.83. The number of non-ortho nitro benzene ring substituents is 1. The summed E-state index contributed by atoms with van der Waals surface area (Å²) in [6.07, 6.45) is 2.57. The number of piperidine rings is 1. The average molecular weight is 295 g/mol. The first-order valence-electron chi connectivity index (χ1n) is 6.37. The summed E-state index contributed by atoms with van der Waals surface area (Å²) in [6.45, 7) is 0.934. The van der Waals surface area contributed by atoms with Gasteiger partial charge in [-0.15, -0.1) is 0 Å². The van der Waals surface area contributed by atoms with Crippen LogP contribution in [0.15, 0.2) is 12.1 Å². The van der Waals surface area contributed by atoms with Gasteiger partial charge >= 0.3 is 5.69 Å². The van der Waals surface area contributed by atoms with Crippen molar-refractivity contribution in [3.05, 3.63) is 37.9 Å². The number of likely N-dealkylation sites (tertiary alicyclic amines) is 1. The number of nitrogens with zero attached hydrogens (tertiary/aromatic N) is 3. The number of aromatic hydroxyl groups is 1. The molecule has 21 heavy (non-hydrogen) atoms. The molecule has 2 rings (SSSR count). The van der Waals surface area contributed by atoms with Crippen molar-refractivity contribution in [2.75, 3.05) is 13.1 Å². The van der Waals surface area contributed by atoms with Crippen LogP contribution in [0.4, 0.5) is 11.4 Å². The first kappa shape index (κ1) is 14.7. The largest absolute Gasteiger partial charge is 0.502 e. The normalized spacial score (nSPS) is 14.8. The molecule has 0 aromatic heterocycles. The van der Waals surface area contributed by atoms with Gasteiger partial charge < -0.3 is 10.0 Å². The zero-order valence-corrected chi connectivity index (χ0v) is 11.0. The molecule has 1 saturated heterocycles. The van der Waals surface area contributed by atoms with Crippen molar-refractivity contribution in [1.29, 1.82) is 0 Å². The summed E-state index contributed by atoms with van der Waals surface area (Å²) in [5, 5.41) is 31.5. The van der Waals surface area contributed by atoms with Crippen molar-refractivity contribution in [2.45, 2.75) is 19.3 Å². The van der Waals surface area contributed by atoms with Gasteiger partial charge in [-0.25, -0.2) is 0 Å². The third-order valence-corrected chi connectivity index (χ3v) is 3.36. The van der Waals surface area contributed by atoms with E-state index < -0.39 is 38.4 Å². The number of phenolic OH excluding ortho intramolecular Hbond substituents is 1. The van der Waals surface area contributed by atoms with Gasteiger partial charge in [-0.05, 0) is 19.3 Å². The smallest absolute Gasteiger partial charge is 0.318 e. The predicted molar refractivity (Wildman–Crippen MR) is 71.2 cm³/mol. The molecule has 9 heteroatoms. The van der Waals surface area contributed by atoms with Gasteiger partial charge in [0.25, 0.3) is 11.6 Å². The maximum absolute atomic E-state index is 12.3. The Morgan fingerprint density at radius 3 is 2.24 bits per heavy atom. The lowest BCUT2D eigenvalue weighted by molar-refractivity contribution is -0.394. The highest BCUT2D eigenvalue weighted by atomic mass is 16.6. The van der Waals surface area contributed by atoms with Crippen LogP contribution in [0.1, 0.15) is 29.6 Å². The fourth-order valence-electron chi connectivity index (χ4n) is 2.28. The summed E-state index contributed by atoms with van der Waals surface area (Å²) in [5.41, 5.74) is -1.85. The number of hydrogen-bond donors (Lipinski definition) is 1.